The zero-order valence-electron chi connectivity index (χ0n) is 15.7. The van der Waals surface area contributed by atoms with E-state index in [1.54, 1.807) is 4.90 Å². The van der Waals surface area contributed by atoms with Gasteiger partial charge in [0.15, 0.2) is 0 Å². The van der Waals surface area contributed by atoms with Crippen LogP contribution in [-0.2, 0) is 0 Å². The number of carbonyl (C=O) groups is 2. The van der Waals surface area contributed by atoms with Crippen molar-refractivity contribution in [1.29, 1.82) is 0 Å². The van der Waals surface area contributed by atoms with E-state index in [0.717, 1.165) is 17.7 Å². The van der Waals surface area contributed by atoms with Crippen LogP contribution < -0.4 is 11.1 Å². The van der Waals surface area contributed by atoms with E-state index in [9.17, 15) is 9.59 Å². The molecule has 0 saturated carbocycles. The molecule has 0 aliphatic carbocycles. The zero-order chi connectivity index (χ0) is 18.6. The molecule has 0 radical (unpaired) electrons. The van der Waals surface area contributed by atoms with Crippen LogP contribution in [0, 0.1) is 12.8 Å². The van der Waals surface area contributed by atoms with E-state index < -0.39 is 6.03 Å². The molecule has 138 valence electrons. The molecule has 3 amide bonds. The van der Waals surface area contributed by atoms with Crippen molar-refractivity contribution in [2.24, 2.45) is 11.7 Å². The molecular weight excluding hydrogens is 316 g/mol. The Morgan fingerprint density at radius 3 is 2.36 bits per heavy atom. The fourth-order valence-electron chi connectivity index (χ4n) is 2.95. The molecule has 1 aromatic rings. The van der Waals surface area contributed by atoms with E-state index in [0.29, 0.717) is 43.7 Å². The summed E-state index contributed by atoms with van der Waals surface area (Å²) in [7, 11) is 0. The average molecular weight is 346 g/mol. The molecule has 3 N–H and O–H groups in total. The first-order valence-corrected chi connectivity index (χ1v) is 9.01. The van der Waals surface area contributed by atoms with E-state index in [1.165, 1.54) is 0 Å². The normalized spacial score (nSPS) is 16.5. The molecule has 0 spiro atoms. The first-order valence-electron chi connectivity index (χ1n) is 9.01. The van der Waals surface area contributed by atoms with Crippen molar-refractivity contribution < 1.29 is 9.59 Å². The second-order valence-electron chi connectivity index (χ2n) is 7.13. The fourth-order valence-corrected chi connectivity index (χ4v) is 2.95. The molecule has 6 heteroatoms. The number of nitrogens with one attached hydrogen (secondary N) is 1. The predicted molar refractivity (Wildman–Crippen MR) is 101 cm³/mol. The Bertz CT molecular complexity index is 630. The molecule has 25 heavy (non-hydrogen) atoms. The van der Waals surface area contributed by atoms with Gasteiger partial charge in [-0.2, -0.15) is 0 Å². The molecule has 6 nitrogen and oxygen atoms in total. The van der Waals surface area contributed by atoms with Gasteiger partial charge in [-0.25, -0.2) is 4.79 Å². The van der Waals surface area contributed by atoms with Gasteiger partial charge < -0.3 is 20.9 Å². The molecule has 1 aliphatic rings. The molecule has 0 aromatic heterocycles. The van der Waals surface area contributed by atoms with Crippen molar-refractivity contribution in [3.63, 3.8) is 0 Å². The molecule has 1 aromatic carbocycles. The van der Waals surface area contributed by atoms with Crippen molar-refractivity contribution >= 4 is 17.6 Å². The highest BCUT2D eigenvalue weighted by Gasteiger charge is 2.23. The van der Waals surface area contributed by atoms with Crippen molar-refractivity contribution in [3.05, 3.63) is 29.3 Å². The molecule has 2 rings (SSSR count). The number of primary amides is 1. The first kappa shape index (κ1) is 19.1. The molecule has 1 heterocycles. The molecule has 1 aliphatic heterocycles. The van der Waals surface area contributed by atoms with Crippen molar-refractivity contribution in [1.82, 2.24) is 9.80 Å². The summed E-state index contributed by atoms with van der Waals surface area (Å²) < 4.78 is 0. The lowest BCUT2D eigenvalue weighted by Gasteiger charge is -2.24. The lowest BCUT2D eigenvalue weighted by atomic mass is 10.0. The number of rotatable bonds is 4. The van der Waals surface area contributed by atoms with Crippen molar-refractivity contribution in [2.75, 3.05) is 31.5 Å². The topological polar surface area (TPSA) is 78.7 Å². The Kier molecular flexibility index (Phi) is 6.28. The van der Waals surface area contributed by atoms with Crippen LogP contribution in [0.3, 0.4) is 0 Å². The summed E-state index contributed by atoms with van der Waals surface area (Å²) in [6.45, 7) is 10.7. The van der Waals surface area contributed by atoms with Crippen LogP contribution in [0.5, 0.6) is 0 Å². The quantitative estimate of drug-likeness (QED) is 0.880. The summed E-state index contributed by atoms with van der Waals surface area (Å²) in [5.74, 6) is 0.522. The van der Waals surface area contributed by atoms with Crippen LogP contribution in [0.15, 0.2) is 18.2 Å². The Morgan fingerprint density at radius 1 is 1.08 bits per heavy atom. The Labute approximate surface area is 150 Å². The molecule has 1 saturated heterocycles. The number of anilines is 1. The van der Waals surface area contributed by atoms with Gasteiger partial charge in [0.1, 0.15) is 0 Å². The van der Waals surface area contributed by atoms with Gasteiger partial charge in [-0.15, -0.1) is 0 Å². The average Bonchev–Trinajstić information content (AvgIpc) is 2.82. The van der Waals surface area contributed by atoms with E-state index in [1.807, 2.05) is 30.0 Å². The Hall–Kier alpha value is -2.24. The number of hydrogen-bond donors (Lipinski definition) is 2. The van der Waals surface area contributed by atoms with Gasteiger partial charge >= 0.3 is 6.03 Å². The maximum absolute atomic E-state index is 13.0. The summed E-state index contributed by atoms with van der Waals surface area (Å²) in [6, 6.07) is 5.72. The Morgan fingerprint density at radius 2 is 1.72 bits per heavy atom. The van der Waals surface area contributed by atoms with Crippen molar-refractivity contribution in [2.45, 2.75) is 40.2 Å². The van der Waals surface area contributed by atoms with E-state index in [4.69, 9.17) is 5.73 Å². The highest BCUT2D eigenvalue weighted by Crippen LogP contribution is 2.23. The summed E-state index contributed by atoms with van der Waals surface area (Å²) in [6.07, 6.45) is 0.746. The second-order valence-corrected chi connectivity index (χ2v) is 7.13. The second kappa shape index (κ2) is 8.23. The van der Waals surface area contributed by atoms with E-state index in [2.05, 4.69) is 26.1 Å². The SMILES string of the molecule is Cc1c(N[C@H](C)C(C)C)cccc1C(=O)N1CCCN(C(N)=O)CC1. The molecule has 1 fully saturated rings. The minimum Gasteiger partial charge on any atom is -0.382 e. The molecular formula is C19H30N4O2. The van der Waals surface area contributed by atoms with Crippen LogP contribution >= 0.6 is 0 Å². The number of urea groups is 1. The van der Waals surface area contributed by atoms with Gasteiger partial charge in [-0.05, 0) is 43.9 Å². The first-order chi connectivity index (χ1) is 11.8. The molecule has 0 bridgehead atoms. The van der Waals surface area contributed by atoms with Crippen molar-refractivity contribution in [3.8, 4) is 0 Å². The third-order valence-electron chi connectivity index (χ3n) is 5.04. The van der Waals surface area contributed by atoms with Gasteiger partial charge in [0, 0.05) is 43.5 Å². The number of nitrogens with two attached hydrogens (primary N) is 1. The van der Waals surface area contributed by atoms with Crippen LogP contribution in [0.4, 0.5) is 10.5 Å². The number of carbonyl (C=O) groups excluding carboxylic acids is 2. The lowest BCUT2D eigenvalue weighted by Crippen LogP contribution is -2.39. The number of hydrogen-bond acceptors (Lipinski definition) is 3. The van der Waals surface area contributed by atoms with Gasteiger partial charge in [0.25, 0.3) is 5.91 Å². The maximum atomic E-state index is 13.0. The van der Waals surface area contributed by atoms with Crippen LogP contribution in [0.1, 0.15) is 43.1 Å². The zero-order valence-corrected chi connectivity index (χ0v) is 15.7. The predicted octanol–water partition coefficient (Wildman–Crippen LogP) is 2.68. The highest BCUT2D eigenvalue weighted by atomic mass is 16.2. The van der Waals surface area contributed by atoms with E-state index >= 15 is 0 Å². The van der Waals surface area contributed by atoms with Gasteiger partial charge in [-0.3, -0.25) is 4.79 Å². The summed E-state index contributed by atoms with van der Waals surface area (Å²) in [5.41, 5.74) is 8.04. The highest BCUT2D eigenvalue weighted by molar-refractivity contribution is 5.97. The number of nitrogens with zero attached hydrogens (tertiary/aromatic N) is 2. The fraction of sp³-hybridized carbons (Fsp3) is 0.579. The van der Waals surface area contributed by atoms with Gasteiger partial charge in [-0.1, -0.05) is 19.9 Å². The lowest BCUT2D eigenvalue weighted by molar-refractivity contribution is 0.0762. The largest absolute Gasteiger partial charge is 0.382 e. The van der Waals surface area contributed by atoms with Crippen LogP contribution in [-0.4, -0.2) is 54.0 Å². The van der Waals surface area contributed by atoms with Gasteiger partial charge in [0.05, 0.1) is 0 Å². The molecule has 1 atom stereocenters. The Balaban J connectivity index is 2.15. The summed E-state index contributed by atoms with van der Waals surface area (Å²) in [5, 5.41) is 3.50. The minimum atomic E-state index is -0.417. The van der Waals surface area contributed by atoms with Crippen LogP contribution in [0.25, 0.3) is 0 Å². The van der Waals surface area contributed by atoms with E-state index in [-0.39, 0.29) is 5.91 Å². The molecule has 0 unspecified atom stereocenters. The maximum Gasteiger partial charge on any atom is 0.314 e. The standard InChI is InChI=1S/C19H30N4O2/c1-13(2)15(4)21-17-8-5-7-16(14(17)3)18(24)22-9-6-10-23(12-11-22)19(20)25/h5,7-8,13,15,21H,6,9-12H2,1-4H3,(H2,20,25)/t15-/m1/s1. The van der Waals surface area contributed by atoms with Crippen LogP contribution in [0.2, 0.25) is 0 Å². The van der Waals surface area contributed by atoms with Gasteiger partial charge in [0.2, 0.25) is 0 Å². The third kappa shape index (κ3) is 4.65. The summed E-state index contributed by atoms with van der Waals surface area (Å²) >= 11 is 0. The monoisotopic (exact) mass is 346 g/mol. The third-order valence-corrected chi connectivity index (χ3v) is 5.04. The smallest absolute Gasteiger partial charge is 0.314 e. The summed E-state index contributed by atoms with van der Waals surface area (Å²) in [4.78, 5) is 27.8. The number of benzene rings is 1. The number of amides is 3. The minimum absolute atomic E-state index is 0.0182.